The molecule has 0 atom stereocenters. The Morgan fingerprint density at radius 3 is 2.31 bits per heavy atom. The van der Waals surface area contributed by atoms with Gasteiger partial charge in [0.1, 0.15) is 0 Å². The van der Waals surface area contributed by atoms with Crippen LogP contribution in [0.25, 0.3) is 0 Å². The molecule has 1 radical (unpaired) electrons. The van der Waals surface area contributed by atoms with Gasteiger partial charge in [0, 0.05) is 0 Å². The van der Waals surface area contributed by atoms with E-state index in [9.17, 15) is 0 Å². The van der Waals surface area contributed by atoms with Gasteiger partial charge in [0.25, 0.3) is 0 Å². The Bertz CT molecular complexity index is 192. The van der Waals surface area contributed by atoms with E-state index in [0.717, 1.165) is 6.42 Å². The van der Waals surface area contributed by atoms with E-state index >= 15 is 0 Å². The van der Waals surface area contributed by atoms with Crippen molar-refractivity contribution in [1.82, 2.24) is 0 Å². The topological polar surface area (TPSA) is 0 Å². The van der Waals surface area contributed by atoms with Crippen LogP contribution in [0.3, 0.4) is 0 Å². The van der Waals surface area contributed by atoms with Gasteiger partial charge in [-0.05, 0) is 38.2 Å². The summed E-state index contributed by atoms with van der Waals surface area (Å²) in [4.78, 5) is 0. The Morgan fingerprint density at radius 2 is 1.46 bits per heavy atom. The second kappa shape index (κ2) is 7.60. The third-order valence-corrected chi connectivity index (χ3v) is 1.96. The molecule has 13 heavy (non-hydrogen) atoms. The van der Waals surface area contributed by atoms with Crippen LogP contribution in [0.15, 0.2) is 42.5 Å². The minimum absolute atomic E-state index is 0.911. The van der Waals surface area contributed by atoms with Gasteiger partial charge in [0.15, 0.2) is 0 Å². The molecular formula is C13H17. The maximum atomic E-state index is 3.19. The SMILES string of the molecule is [C]1=CC=CCCCCC=CC=CC1. The third-order valence-electron chi connectivity index (χ3n) is 1.96. The molecule has 0 aromatic carbocycles. The van der Waals surface area contributed by atoms with Crippen molar-refractivity contribution in [3.8, 4) is 0 Å². The Labute approximate surface area is 81.4 Å². The number of hydrogen-bond acceptors (Lipinski definition) is 0. The van der Waals surface area contributed by atoms with Crippen LogP contribution < -0.4 is 0 Å². The zero-order valence-electron chi connectivity index (χ0n) is 8.08. The molecule has 0 amide bonds. The van der Waals surface area contributed by atoms with Gasteiger partial charge < -0.3 is 0 Å². The summed E-state index contributed by atoms with van der Waals surface area (Å²) < 4.78 is 0. The highest BCUT2D eigenvalue weighted by Gasteiger charge is 1.82. The first-order valence-corrected chi connectivity index (χ1v) is 5.03. The summed E-state index contributed by atoms with van der Waals surface area (Å²) in [6.45, 7) is 0. The molecule has 0 saturated heterocycles. The molecule has 0 nitrogen and oxygen atoms in total. The lowest BCUT2D eigenvalue weighted by molar-refractivity contribution is 0.762. The molecule has 1 aliphatic carbocycles. The molecule has 0 fully saturated rings. The van der Waals surface area contributed by atoms with Gasteiger partial charge in [-0.25, -0.2) is 0 Å². The van der Waals surface area contributed by atoms with Crippen molar-refractivity contribution in [2.24, 2.45) is 0 Å². The zero-order valence-corrected chi connectivity index (χ0v) is 8.08. The largest absolute Gasteiger partial charge is 0.0845 e. The predicted octanol–water partition coefficient (Wildman–Crippen LogP) is 3.98. The van der Waals surface area contributed by atoms with Gasteiger partial charge in [-0.15, -0.1) is 0 Å². The van der Waals surface area contributed by atoms with Crippen molar-refractivity contribution in [1.29, 1.82) is 0 Å². The molecule has 0 aromatic heterocycles. The van der Waals surface area contributed by atoms with Crippen LogP contribution in [0.5, 0.6) is 0 Å². The van der Waals surface area contributed by atoms with E-state index in [1.165, 1.54) is 25.7 Å². The minimum atomic E-state index is 0.911. The molecule has 0 aromatic rings. The average molecular weight is 173 g/mol. The van der Waals surface area contributed by atoms with Crippen molar-refractivity contribution in [2.45, 2.75) is 32.1 Å². The molecule has 0 heterocycles. The second-order valence-electron chi connectivity index (χ2n) is 3.14. The van der Waals surface area contributed by atoms with Gasteiger partial charge in [-0.2, -0.15) is 0 Å². The summed E-state index contributed by atoms with van der Waals surface area (Å²) >= 11 is 0. The highest BCUT2D eigenvalue weighted by Crippen LogP contribution is 2.02. The predicted molar refractivity (Wildman–Crippen MR) is 58.3 cm³/mol. The summed E-state index contributed by atoms with van der Waals surface area (Å²) in [6, 6.07) is 0. The Morgan fingerprint density at radius 1 is 0.769 bits per heavy atom. The Balaban J connectivity index is 2.38. The lowest BCUT2D eigenvalue weighted by Crippen LogP contribution is -1.71. The Kier molecular flexibility index (Phi) is 5.87. The summed E-state index contributed by atoms with van der Waals surface area (Å²) in [7, 11) is 0. The van der Waals surface area contributed by atoms with Gasteiger partial charge in [0.2, 0.25) is 0 Å². The maximum absolute atomic E-state index is 3.19. The van der Waals surface area contributed by atoms with E-state index < -0.39 is 0 Å². The highest BCUT2D eigenvalue weighted by molar-refractivity contribution is 5.06. The zero-order chi connectivity index (χ0) is 9.19. The van der Waals surface area contributed by atoms with Crippen LogP contribution in [0, 0.1) is 6.08 Å². The molecule has 0 N–H and O–H groups in total. The number of rotatable bonds is 0. The normalized spacial score (nSPS) is 19.1. The van der Waals surface area contributed by atoms with Crippen LogP contribution in [0.1, 0.15) is 32.1 Å². The lowest BCUT2D eigenvalue weighted by atomic mass is 10.2. The fourth-order valence-electron chi connectivity index (χ4n) is 1.21. The van der Waals surface area contributed by atoms with Crippen LogP contribution in [-0.2, 0) is 0 Å². The van der Waals surface area contributed by atoms with Gasteiger partial charge >= 0.3 is 0 Å². The quantitative estimate of drug-likeness (QED) is 0.520. The van der Waals surface area contributed by atoms with E-state index in [1.54, 1.807) is 0 Å². The van der Waals surface area contributed by atoms with Crippen molar-refractivity contribution in [3.05, 3.63) is 48.6 Å². The first-order valence-electron chi connectivity index (χ1n) is 5.03. The van der Waals surface area contributed by atoms with Crippen molar-refractivity contribution in [2.75, 3.05) is 0 Å². The van der Waals surface area contributed by atoms with Crippen molar-refractivity contribution >= 4 is 0 Å². The van der Waals surface area contributed by atoms with E-state index in [1.807, 2.05) is 6.08 Å². The van der Waals surface area contributed by atoms with Crippen LogP contribution in [0.4, 0.5) is 0 Å². The number of hydrogen-bond donors (Lipinski definition) is 0. The summed E-state index contributed by atoms with van der Waals surface area (Å²) in [5, 5.41) is 0. The Hall–Kier alpha value is -1.04. The van der Waals surface area contributed by atoms with E-state index in [2.05, 4.69) is 42.5 Å². The highest BCUT2D eigenvalue weighted by atomic mass is 13.9. The molecule has 0 unspecified atom stereocenters. The number of allylic oxidation sites excluding steroid dienone is 8. The van der Waals surface area contributed by atoms with Gasteiger partial charge in [-0.3, -0.25) is 0 Å². The fraction of sp³-hybridized carbons (Fsp3) is 0.385. The molecule has 69 valence electrons. The molecule has 1 aliphatic rings. The molecule has 0 saturated carbocycles. The molecule has 0 bridgehead atoms. The smallest absolute Gasteiger partial charge is 0.00915 e. The summed E-state index contributed by atoms with van der Waals surface area (Å²) in [6.07, 6.45) is 24.0. The van der Waals surface area contributed by atoms with Gasteiger partial charge in [0.05, 0.1) is 0 Å². The molecule has 1 rings (SSSR count). The maximum Gasteiger partial charge on any atom is -0.00915 e. The van der Waals surface area contributed by atoms with Crippen molar-refractivity contribution in [3.63, 3.8) is 0 Å². The third kappa shape index (κ3) is 6.15. The molecular weight excluding hydrogens is 156 g/mol. The summed E-state index contributed by atoms with van der Waals surface area (Å²) in [5.74, 6) is 0. The molecule has 0 spiro atoms. The van der Waals surface area contributed by atoms with Crippen LogP contribution >= 0.6 is 0 Å². The second-order valence-corrected chi connectivity index (χ2v) is 3.14. The monoisotopic (exact) mass is 173 g/mol. The van der Waals surface area contributed by atoms with E-state index in [4.69, 9.17) is 0 Å². The standard InChI is InChI=1S/C13H17/c1-2-4-6-8-10-12-13-11-9-7-5-3-1/h1-4,10,12-13H,5-7,9,11H2. The van der Waals surface area contributed by atoms with E-state index in [-0.39, 0.29) is 0 Å². The minimum Gasteiger partial charge on any atom is -0.0845 e. The lowest BCUT2D eigenvalue weighted by Gasteiger charge is -1.91. The first kappa shape index (κ1) is 10.0. The fourth-order valence-corrected chi connectivity index (χ4v) is 1.21. The summed E-state index contributed by atoms with van der Waals surface area (Å²) in [5.41, 5.74) is 0. The van der Waals surface area contributed by atoms with Crippen molar-refractivity contribution < 1.29 is 0 Å². The van der Waals surface area contributed by atoms with E-state index in [0.29, 0.717) is 0 Å². The van der Waals surface area contributed by atoms with Crippen LogP contribution in [0.2, 0.25) is 0 Å². The van der Waals surface area contributed by atoms with Crippen LogP contribution in [-0.4, -0.2) is 0 Å². The molecule has 0 heteroatoms. The molecule has 0 aliphatic heterocycles. The average Bonchev–Trinajstić information content (AvgIpc) is 2.18. The first-order chi connectivity index (χ1) is 6.50. The van der Waals surface area contributed by atoms with Gasteiger partial charge in [-0.1, -0.05) is 42.5 Å².